The SMILES string of the molecule is CCS(=O)(=O)CC(C)Nc1ccccc1C. The van der Waals surface area contributed by atoms with Crippen LogP contribution < -0.4 is 5.32 Å². The molecule has 90 valence electrons. The Morgan fingerprint density at radius 1 is 1.31 bits per heavy atom. The molecule has 0 aromatic heterocycles. The van der Waals surface area contributed by atoms with Gasteiger partial charge >= 0.3 is 0 Å². The van der Waals surface area contributed by atoms with Crippen molar-refractivity contribution in [2.24, 2.45) is 0 Å². The molecule has 1 N–H and O–H groups in total. The van der Waals surface area contributed by atoms with Gasteiger partial charge in [-0.15, -0.1) is 0 Å². The van der Waals surface area contributed by atoms with Crippen molar-refractivity contribution in [1.82, 2.24) is 0 Å². The molecular weight excluding hydrogens is 222 g/mol. The maximum Gasteiger partial charge on any atom is 0.152 e. The quantitative estimate of drug-likeness (QED) is 0.860. The number of benzene rings is 1. The van der Waals surface area contributed by atoms with Gasteiger partial charge in [0.2, 0.25) is 0 Å². The van der Waals surface area contributed by atoms with Crippen molar-refractivity contribution in [1.29, 1.82) is 0 Å². The Kier molecular flexibility index (Phi) is 4.35. The normalized spacial score (nSPS) is 13.4. The third-order valence-electron chi connectivity index (χ3n) is 2.49. The van der Waals surface area contributed by atoms with Crippen molar-refractivity contribution in [2.75, 3.05) is 16.8 Å². The van der Waals surface area contributed by atoms with Gasteiger partial charge < -0.3 is 5.32 Å². The zero-order chi connectivity index (χ0) is 12.2. The highest BCUT2D eigenvalue weighted by molar-refractivity contribution is 7.91. The molecule has 0 aliphatic carbocycles. The first-order valence-electron chi connectivity index (χ1n) is 5.47. The van der Waals surface area contributed by atoms with Crippen molar-refractivity contribution >= 4 is 15.5 Å². The van der Waals surface area contributed by atoms with Crippen LogP contribution in [-0.4, -0.2) is 26.0 Å². The fourth-order valence-corrected chi connectivity index (χ4v) is 2.62. The van der Waals surface area contributed by atoms with Gasteiger partial charge in [0.15, 0.2) is 9.84 Å². The first kappa shape index (κ1) is 13.0. The summed E-state index contributed by atoms with van der Waals surface area (Å²) >= 11 is 0. The second kappa shape index (κ2) is 5.34. The van der Waals surface area contributed by atoms with E-state index in [0.717, 1.165) is 11.3 Å². The third-order valence-corrected chi connectivity index (χ3v) is 4.38. The maximum atomic E-state index is 11.4. The summed E-state index contributed by atoms with van der Waals surface area (Å²) < 4.78 is 22.9. The molecule has 1 atom stereocenters. The molecule has 0 fully saturated rings. The van der Waals surface area contributed by atoms with E-state index in [1.165, 1.54) is 0 Å². The first-order chi connectivity index (χ1) is 7.44. The molecular formula is C12H19NO2S. The largest absolute Gasteiger partial charge is 0.381 e. The van der Waals surface area contributed by atoms with Crippen molar-refractivity contribution in [2.45, 2.75) is 26.8 Å². The Morgan fingerprint density at radius 3 is 2.50 bits per heavy atom. The maximum absolute atomic E-state index is 11.4. The average molecular weight is 241 g/mol. The molecule has 3 nitrogen and oxygen atoms in total. The lowest BCUT2D eigenvalue weighted by Gasteiger charge is -2.16. The number of hydrogen-bond acceptors (Lipinski definition) is 3. The lowest BCUT2D eigenvalue weighted by atomic mass is 10.2. The van der Waals surface area contributed by atoms with Gasteiger partial charge in [-0.2, -0.15) is 0 Å². The van der Waals surface area contributed by atoms with Crippen LogP contribution in [0.3, 0.4) is 0 Å². The molecule has 0 radical (unpaired) electrons. The van der Waals surface area contributed by atoms with Crippen LogP contribution in [0.1, 0.15) is 19.4 Å². The Bertz CT molecular complexity index is 440. The average Bonchev–Trinajstić information content (AvgIpc) is 2.21. The fourth-order valence-electron chi connectivity index (χ4n) is 1.54. The van der Waals surface area contributed by atoms with Gasteiger partial charge in [-0.05, 0) is 25.5 Å². The molecule has 0 saturated carbocycles. The minimum absolute atomic E-state index is 0.0638. The molecule has 1 rings (SSSR count). The Hall–Kier alpha value is -1.03. The lowest BCUT2D eigenvalue weighted by molar-refractivity contribution is 0.593. The van der Waals surface area contributed by atoms with Gasteiger partial charge in [0, 0.05) is 17.5 Å². The van der Waals surface area contributed by atoms with E-state index in [2.05, 4.69) is 5.32 Å². The summed E-state index contributed by atoms with van der Waals surface area (Å²) in [5.74, 6) is 0.380. The summed E-state index contributed by atoms with van der Waals surface area (Å²) in [6.45, 7) is 5.57. The van der Waals surface area contributed by atoms with E-state index in [1.54, 1.807) is 6.92 Å². The summed E-state index contributed by atoms with van der Waals surface area (Å²) in [5, 5.41) is 3.22. The highest BCUT2D eigenvalue weighted by Gasteiger charge is 2.13. The number of rotatable bonds is 5. The van der Waals surface area contributed by atoms with Crippen LogP contribution in [0, 0.1) is 6.92 Å². The van der Waals surface area contributed by atoms with Crippen LogP contribution in [0.5, 0.6) is 0 Å². The van der Waals surface area contributed by atoms with Gasteiger partial charge in [0.1, 0.15) is 0 Å². The van der Waals surface area contributed by atoms with Crippen LogP contribution in [0.25, 0.3) is 0 Å². The van der Waals surface area contributed by atoms with Crippen molar-refractivity contribution in [3.05, 3.63) is 29.8 Å². The lowest BCUT2D eigenvalue weighted by Crippen LogP contribution is -2.26. The van der Waals surface area contributed by atoms with E-state index in [0.29, 0.717) is 0 Å². The molecule has 0 amide bonds. The molecule has 0 saturated heterocycles. The second-order valence-corrected chi connectivity index (χ2v) is 6.46. The molecule has 0 heterocycles. The number of anilines is 1. The summed E-state index contributed by atoms with van der Waals surface area (Å²) in [4.78, 5) is 0. The molecule has 0 spiro atoms. The molecule has 1 aromatic carbocycles. The smallest absolute Gasteiger partial charge is 0.152 e. The molecule has 16 heavy (non-hydrogen) atoms. The number of para-hydroxylation sites is 1. The van der Waals surface area contributed by atoms with Gasteiger partial charge in [-0.25, -0.2) is 8.42 Å². The molecule has 4 heteroatoms. The van der Waals surface area contributed by atoms with Crippen LogP contribution in [0.2, 0.25) is 0 Å². The molecule has 0 aliphatic heterocycles. The van der Waals surface area contributed by atoms with Gasteiger partial charge in [0.25, 0.3) is 0 Å². The predicted molar refractivity (Wildman–Crippen MR) is 68.6 cm³/mol. The Balaban J connectivity index is 2.66. The van der Waals surface area contributed by atoms with Crippen LogP contribution in [-0.2, 0) is 9.84 Å². The zero-order valence-corrected chi connectivity index (χ0v) is 10.8. The van der Waals surface area contributed by atoms with E-state index >= 15 is 0 Å². The van der Waals surface area contributed by atoms with Crippen molar-refractivity contribution in [3.63, 3.8) is 0 Å². The van der Waals surface area contributed by atoms with E-state index in [-0.39, 0.29) is 17.5 Å². The Labute approximate surface area is 97.8 Å². The first-order valence-corrected chi connectivity index (χ1v) is 7.29. The van der Waals surface area contributed by atoms with Crippen molar-refractivity contribution in [3.8, 4) is 0 Å². The highest BCUT2D eigenvalue weighted by atomic mass is 32.2. The monoisotopic (exact) mass is 241 g/mol. The second-order valence-electron chi connectivity index (χ2n) is 4.06. The van der Waals surface area contributed by atoms with Gasteiger partial charge in [0.05, 0.1) is 5.75 Å². The van der Waals surface area contributed by atoms with E-state index in [9.17, 15) is 8.42 Å². The predicted octanol–water partition coefficient (Wildman–Crippen LogP) is 2.23. The molecule has 0 bridgehead atoms. The molecule has 0 aliphatic rings. The summed E-state index contributed by atoms with van der Waals surface area (Å²) in [5.41, 5.74) is 2.13. The number of sulfone groups is 1. The topological polar surface area (TPSA) is 46.2 Å². The van der Waals surface area contributed by atoms with Crippen LogP contribution >= 0.6 is 0 Å². The zero-order valence-electron chi connectivity index (χ0n) is 10.0. The van der Waals surface area contributed by atoms with Crippen LogP contribution in [0.4, 0.5) is 5.69 Å². The van der Waals surface area contributed by atoms with Crippen LogP contribution in [0.15, 0.2) is 24.3 Å². The Morgan fingerprint density at radius 2 is 1.94 bits per heavy atom. The van der Waals surface area contributed by atoms with E-state index in [1.807, 2.05) is 38.1 Å². The summed E-state index contributed by atoms with van der Waals surface area (Å²) in [7, 11) is -2.91. The van der Waals surface area contributed by atoms with Crippen molar-refractivity contribution < 1.29 is 8.42 Å². The van der Waals surface area contributed by atoms with Gasteiger partial charge in [-0.3, -0.25) is 0 Å². The fraction of sp³-hybridized carbons (Fsp3) is 0.500. The minimum Gasteiger partial charge on any atom is -0.381 e. The standard InChI is InChI=1S/C12H19NO2S/c1-4-16(14,15)9-11(3)13-12-8-6-5-7-10(12)2/h5-8,11,13H,4,9H2,1-3H3. The summed E-state index contributed by atoms with van der Waals surface area (Å²) in [6, 6.07) is 7.81. The summed E-state index contributed by atoms with van der Waals surface area (Å²) in [6.07, 6.45) is 0. The number of nitrogens with one attached hydrogen (secondary N) is 1. The molecule has 1 aromatic rings. The van der Waals surface area contributed by atoms with E-state index in [4.69, 9.17) is 0 Å². The number of hydrogen-bond donors (Lipinski definition) is 1. The highest BCUT2D eigenvalue weighted by Crippen LogP contribution is 2.14. The third kappa shape index (κ3) is 3.85. The molecule has 1 unspecified atom stereocenters. The number of aryl methyl sites for hydroxylation is 1. The van der Waals surface area contributed by atoms with Gasteiger partial charge in [-0.1, -0.05) is 25.1 Å². The minimum atomic E-state index is -2.91. The van der Waals surface area contributed by atoms with E-state index < -0.39 is 9.84 Å².